The molecule has 1 aliphatic carbocycles. The van der Waals surface area contributed by atoms with Gasteiger partial charge >= 0.3 is 0 Å². The van der Waals surface area contributed by atoms with Crippen LogP contribution >= 0.6 is 0 Å². The minimum absolute atomic E-state index is 0.335. The third kappa shape index (κ3) is 5.17. The van der Waals surface area contributed by atoms with Gasteiger partial charge in [-0.05, 0) is 69.1 Å². The van der Waals surface area contributed by atoms with Crippen molar-refractivity contribution in [2.45, 2.75) is 78.6 Å². The first-order valence-corrected chi connectivity index (χ1v) is 11.9. The summed E-state index contributed by atoms with van der Waals surface area (Å²) in [5.41, 5.74) is 1.83. The Kier molecular flexibility index (Phi) is 7.66. The lowest BCUT2D eigenvalue weighted by Gasteiger charge is -2.59. The van der Waals surface area contributed by atoms with E-state index in [0.29, 0.717) is 23.7 Å². The fourth-order valence-corrected chi connectivity index (χ4v) is 5.40. The van der Waals surface area contributed by atoms with Crippen molar-refractivity contribution in [2.75, 3.05) is 32.7 Å². The number of piperidine rings is 1. The number of hydrogen-bond donors (Lipinski definition) is 0. The zero-order valence-corrected chi connectivity index (χ0v) is 19.0. The van der Waals surface area contributed by atoms with E-state index in [4.69, 9.17) is 0 Å². The number of hydrogen-bond acceptors (Lipinski definition) is 4. The number of carbonyl (C=O) groups excluding carboxylic acids is 1. The standard InChI is InChI=1S/C22H34N4O.C2H6/c1-3-20-23-13-19(14-24-20)18-6-9-25(10-7-18)8-5-17-11-22(12-17)15-26(16-22)21(27)4-2;1-2/h13-14,17-18H,3-12,15-16H2,1-2H3;1-2H3. The average molecular weight is 401 g/mol. The Morgan fingerprint density at radius 2 is 1.72 bits per heavy atom. The molecule has 4 rings (SSSR count). The molecular formula is C24H40N4O. The molecule has 0 unspecified atom stereocenters. The molecule has 29 heavy (non-hydrogen) atoms. The number of carbonyl (C=O) groups is 1. The number of rotatable bonds is 6. The fourth-order valence-electron chi connectivity index (χ4n) is 5.40. The molecule has 2 aliphatic heterocycles. The van der Waals surface area contributed by atoms with Crippen molar-refractivity contribution in [1.82, 2.24) is 19.8 Å². The highest BCUT2D eigenvalue weighted by molar-refractivity contribution is 5.77. The summed E-state index contributed by atoms with van der Waals surface area (Å²) in [5.74, 6) is 2.80. The van der Waals surface area contributed by atoms with Gasteiger partial charge in [0.05, 0.1) is 0 Å². The molecule has 0 bridgehead atoms. The minimum atomic E-state index is 0.335. The van der Waals surface area contributed by atoms with Crippen LogP contribution < -0.4 is 0 Å². The highest BCUT2D eigenvalue weighted by atomic mass is 16.2. The van der Waals surface area contributed by atoms with Crippen LogP contribution in [0.25, 0.3) is 0 Å². The lowest BCUT2D eigenvalue weighted by Crippen LogP contribution is -2.63. The topological polar surface area (TPSA) is 49.3 Å². The van der Waals surface area contributed by atoms with Crippen molar-refractivity contribution >= 4 is 5.91 Å². The van der Waals surface area contributed by atoms with Crippen LogP contribution in [0, 0.1) is 11.3 Å². The quantitative estimate of drug-likeness (QED) is 0.715. The maximum atomic E-state index is 11.7. The van der Waals surface area contributed by atoms with E-state index in [2.05, 4.69) is 26.7 Å². The largest absolute Gasteiger partial charge is 0.341 e. The zero-order valence-electron chi connectivity index (χ0n) is 19.0. The van der Waals surface area contributed by atoms with Gasteiger partial charge in [0.1, 0.15) is 5.82 Å². The predicted molar refractivity (Wildman–Crippen MR) is 118 cm³/mol. The van der Waals surface area contributed by atoms with E-state index in [0.717, 1.165) is 31.3 Å². The number of aromatic nitrogens is 2. The second kappa shape index (κ2) is 10.0. The highest BCUT2D eigenvalue weighted by Gasteiger charge is 2.52. The van der Waals surface area contributed by atoms with Gasteiger partial charge in [-0.15, -0.1) is 0 Å². The highest BCUT2D eigenvalue weighted by Crippen LogP contribution is 2.53. The maximum absolute atomic E-state index is 11.7. The van der Waals surface area contributed by atoms with Crippen LogP contribution in [0.4, 0.5) is 0 Å². The summed E-state index contributed by atoms with van der Waals surface area (Å²) in [6.07, 6.45) is 12.2. The summed E-state index contributed by atoms with van der Waals surface area (Å²) in [7, 11) is 0. The van der Waals surface area contributed by atoms with E-state index in [1.807, 2.05) is 33.2 Å². The van der Waals surface area contributed by atoms with E-state index in [-0.39, 0.29) is 0 Å². The summed E-state index contributed by atoms with van der Waals surface area (Å²) >= 11 is 0. The molecule has 1 saturated carbocycles. The SMILES string of the molecule is CC.CCC(=O)N1CC2(CC(CCN3CCC(c4cnc(CC)nc4)CC3)C2)C1. The Hall–Kier alpha value is -1.49. The number of nitrogens with zero attached hydrogens (tertiary/aromatic N) is 4. The van der Waals surface area contributed by atoms with Crippen molar-refractivity contribution in [3.05, 3.63) is 23.8 Å². The van der Waals surface area contributed by atoms with Crippen LogP contribution in [-0.4, -0.2) is 58.4 Å². The Morgan fingerprint density at radius 3 is 2.28 bits per heavy atom. The normalized spacial score (nSPS) is 21.9. The second-order valence-electron chi connectivity index (χ2n) is 9.07. The van der Waals surface area contributed by atoms with Gasteiger partial charge in [0, 0.05) is 43.7 Å². The Balaban J connectivity index is 0.00000117. The Morgan fingerprint density at radius 1 is 1.10 bits per heavy atom. The van der Waals surface area contributed by atoms with Gasteiger partial charge in [0.15, 0.2) is 0 Å². The second-order valence-corrected chi connectivity index (χ2v) is 9.07. The van der Waals surface area contributed by atoms with Crippen molar-refractivity contribution in [3.8, 4) is 0 Å². The van der Waals surface area contributed by atoms with Gasteiger partial charge in [-0.25, -0.2) is 9.97 Å². The molecule has 3 heterocycles. The van der Waals surface area contributed by atoms with Crippen LogP contribution in [0.2, 0.25) is 0 Å². The molecule has 0 aromatic carbocycles. The lowest BCUT2D eigenvalue weighted by atomic mass is 9.57. The van der Waals surface area contributed by atoms with E-state index in [1.165, 1.54) is 57.3 Å². The zero-order chi connectivity index (χ0) is 20.9. The van der Waals surface area contributed by atoms with Crippen molar-refractivity contribution in [1.29, 1.82) is 0 Å². The van der Waals surface area contributed by atoms with E-state index in [9.17, 15) is 4.79 Å². The van der Waals surface area contributed by atoms with Gasteiger partial charge in [-0.2, -0.15) is 0 Å². The summed E-state index contributed by atoms with van der Waals surface area (Å²) in [6, 6.07) is 0. The van der Waals surface area contributed by atoms with Crippen LogP contribution in [0.15, 0.2) is 12.4 Å². The number of amides is 1. The first-order valence-electron chi connectivity index (χ1n) is 11.9. The maximum Gasteiger partial charge on any atom is 0.222 e. The molecule has 1 aromatic rings. The van der Waals surface area contributed by atoms with Crippen molar-refractivity contribution in [3.63, 3.8) is 0 Å². The molecular weight excluding hydrogens is 360 g/mol. The lowest BCUT2D eigenvalue weighted by molar-refractivity contribution is -0.155. The molecule has 1 amide bonds. The Bertz CT molecular complexity index is 637. The van der Waals surface area contributed by atoms with Crippen LogP contribution in [0.3, 0.4) is 0 Å². The first-order chi connectivity index (χ1) is 14.1. The summed E-state index contributed by atoms with van der Waals surface area (Å²) in [6.45, 7) is 13.8. The fraction of sp³-hybridized carbons (Fsp3) is 0.792. The first kappa shape index (κ1) is 22.2. The summed E-state index contributed by atoms with van der Waals surface area (Å²) in [5, 5.41) is 0. The smallest absolute Gasteiger partial charge is 0.222 e. The molecule has 162 valence electrons. The molecule has 3 fully saturated rings. The van der Waals surface area contributed by atoms with Crippen LogP contribution in [0.5, 0.6) is 0 Å². The predicted octanol–water partition coefficient (Wildman–Crippen LogP) is 4.28. The molecule has 1 spiro atoms. The van der Waals surface area contributed by atoms with Crippen LogP contribution in [-0.2, 0) is 11.2 Å². The molecule has 1 aromatic heterocycles. The summed E-state index contributed by atoms with van der Waals surface area (Å²) in [4.78, 5) is 25.3. The molecule has 0 radical (unpaired) electrons. The van der Waals surface area contributed by atoms with E-state index < -0.39 is 0 Å². The third-order valence-electron chi connectivity index (χ3n) is 7.11. The Labute approximate surface area is 177 Å². The van der Waals surface area contributed by atoms with E-state index in [1.54, 1.807) is 0 Å². The monoisotopic (exact) mass is 400 g/mol. The van der Waals surface area contributed by atoms with Gasteiger partial charge in [-0.1, -0.05) is 27.7 Å². The van der Waals surface area contributed by atoms with Crippen molar-refractivity contribution < 1.29 is 4.79 Å². The van der Waals surface area contributed by atoms with Gasteiger partial charge in [0.25, 0.3) is 0 Å². The van der Waals surface area contributed by atoms with E-state index >= 15 is 0 Å². The molecule has 0 N–H and O–H groups in total. The molecule has 5 nitrogen and oxygen atoms in total. The van der Waals surface area contributed by atoms with Crippen molar-refractivity contribution in [2.24, 2.45) is 11.3 Å². The third-order valence-corrected chi connectivity index (χ3v) is 7.11. The number of likely N-dealkylation sites (tertiary alicyclic amines) is 2. The molecule has 3 aliphatic rings. The van der Waals surface area contributed by atoms with Gasteiger partial charge in [-0.3, -0.25) is 4.79 Å². The number of aryl methyl sites for hydroxylation is 1. The van der Waals surface area contributed by atoms with Gasteiger partial charge in [0.2, 0.25) is 5.91 Å². The van der Waals surface area contributed by atoms with Crippen LogP contribution in [0.1, 0.15) is 83.5 Å². The summed E-state index contributed by atoms with van der Waals surface area (Å²) < 4.78 is 0. The molecule has 2 saturated heterocycles. The molecule has 5 heteroatoms. The van der Waals surface area contributed by atoms with Gasteiger partial charge < -0.3 is 9.80 Å². The molecule has 0 atom stereocenters. The average Bonchev–Trinajstić information content (AvgIpc) is 2.73. The minimum Gasteiger partial charge on any atom is -0.341 e.